The van der Waals surface area contributed by atoms with Crippen LogP contribution < -0.4 is 18.9 Å². The summed E-state index contributed by atoms with van der Waals surface area (Å²) in [5.74, 6) is 15.7. The second-order valence-electron chi connectivity index (χ2n) is 15.8. The van der Waals surface area contributed by atoms with E-state index in [1.807, 2.05) is 33.8 Å². The van der Waals surface area contributed by atoms with Crippen LogP contribution in [0.1, 0.15) is 64.5 Å². The van der Waals surface area contributed by atoms with E-state index in [-0.39, 0.29) is 19.6 Å². The molecule has 0 unspecified atom stereocenters. The first-order chi connectivity index (χ1) is 32.6. The van der Waals surface area contributed by atoms with Crippen LogP contribution in [0.3, 0.4) is 0 Å². The van der Waals surface area contributed by atoms with Crippen molar-refractivity contribution < 1.29 is 46.0 Å². The maximum absolute atomic E-state index is 13.5. The van der Waals surface area contributed by atoms with Gasteiger partial charge >= 0.3 is 0 Å². The molecule has 0 atom stereocenters. The minimum Gasteiger partial charge on any atom is -0.457 e. The standard InChI is InChI=1S/C56H50O10S2/c1-5-55(57,6-2)38-36-41-12-14-43(15-13-41)63-46-20-28-51(29-21-46)67(59,60)52-30-22-47(23-31-52)64-44-16-18-45(19-17-44)65-48-24-32-53(33-25-48)68(61,62)54-34-26-49(27-35-54)66-50-11-9-10-42(40-50)37-39-56(58,7-3)8-4/h9-35,40,57-58H,5-8H2,1-4H3. The third kappa shape index (κ3) is 12.2. The van der Waals surface area contributed by atoms with Gasteiger partial charge in [-0.3, -0.25) is 0 Å². The molecule has 0 heterocycles. The summed E-state index contributed by atoms with van der Waals surface area (Å²) in [4.78, 5) is 0.392. The lowest BCUT2D eigenvalue weighted by atomic mass is 9.98. The largest absolute Gasteiger partial charge is 0.457 e. The molecule has 0 bridgehead atoms. The average molecular weight is 947 g/mol. The minimum atomic E-state index is -3.85. The summed E-state index contributed by atoms with van der Waals surface area (Å²) < 4.78 is 77.7. The van der Waals surface area contributed by atoms with Crippen LogP contribution in [-0.4, -0.2) is 38.3 Å². The van der Waals surface area contributed by atoms with Gasteiger partial charge in [0, 0.05) is 11.1 Å². The van der Waals surface area contributed by atoms with E-state index >= 15 is 0 Å². The SMILES string of the molecule is CCC(O)(C#Cc1ccc(Oc2ccc(S(=O)(=O)c3ccc(Oc4ccc(Oc5ccc(S(=O)(=O)c6ccc(Oc7cccc(C#CC(O)(CC)CC)c7)cc6)cc5)cc4)cc3)cc2)cc1)CC. The molecule has 0 aliphatic rings. The van der Waals surface area contributed by atoms with Gasteiger partial charge in [0.05, 0.1) is 19.6 Å². The number of aliphatic hydroxyl groups is 2. The van der Waals surface area contributed by atoms with Gasteiger partial charge < -0.3 is 29.2 Å². The molecule has 0 saturated carbocycles. The van der Waals surface area contributed by atoms with Gasteiger partial charge in [-0.1, -0.05) is 57.4 Å². The summed E-state index contributed by atoms with van der Waals surface area (Å²) in [6.45, 7) is 7.56. The molecule has 7 aromatic rings. The first-order valence-electron chi connectivity index (χ1n) is 22.1. The van der Waals surface area contributed by atoms with Crippen molar-refractivity contribution in [3.63, 3.8) is 0 Å². The van der Waals surface area contributed by atoms with E-state index in [4.69, 9.17) is 18.9 Å². The molecule has 0 aromatic heterocycles. The smallest absolute Gasteiger partial charge is 0.206 e. The van der Waals surface area contributed by atoms with Crippen LogP contribution >= 0.6 is 0 Å². The van der Waals surface area contributed by atoms with Crippen molar-refractivity contribution >= 4 is 19.7 Å². The lowest BCUT2D eigenvalue weighted by molar-refractivity contribution is 0.0927. The van der Waals surface area contributed by atoms with Crippen molar-refractivity contribution in [3.05, 3.63) is 181 Å². The molecule has 0 spiro atoms. The zero-order valence-corrected chi connectivity index (χ0v) is 39.6. The lowest BCUT2D eigenvalue weighted by Crippen LogP contribution is -2.23. The molecule has 0 amide bonds. The van der Waals surface area contributed by atoms with Crippen LogP contribution in [0.4, 0.5) is 0 Å². The summed E-state index contributed by atoms with van der Waals surface area (Å²) in [7, 11) is -7.68. The number of hydrogen-bond acceptors (Lipinski definition) is 10. The summed E-state index contributed by atoms with van der Waals surface area (Å²) in [5.41, 5.74) is -0.633. The fraction of sp³-hybridized carbons (Fsp3) is 0.179. The first kappa shape index (κ1) is 48.6. The second-order valence-corrected chi connectivity index (χ2v) is 19.7. The quantitative estimate of drug-likeness (QED) is 0.0898. The van der Waals surface area contributed by atoms with E-state index in [1.54, 1.807) is 115 Å². The van der Waals surface area contributed by atoms with Crippen molar-refractivity contribution in [3.8, 4) is 69.7 Å². The first-order valence-corrected chi connectivity index (χ1v) is 25.0. The molecule has 68 heavy (non-hydrogen) atoms. The Bertz CT molecular complexity index is 3170. The summed E-state index contributed by atoms with van der Waals surface area (Å²) in [5, 5.41) is 20.9. The van der Waals surface area contributed by atoms with E-state index in [0.717, 1.165) is 5.56 Å². The molecule has 0 fully saturated rings. The maximum Gasteiger partial charge on any atom is 0.206 e. The van der Waals surface area contributed by atoms with Gasteiger partial charge in [-0.25, -0.2) is 16.8 Å². The van der Waals surface area contributed by atoms with E-state index in [9.17, 15) is 27.0 Å². The Balaban J connectivity index is 0.904. The molecule has 10 nitrogen and oxygen atoms in total. The zero-order valence-electron chi connectivity index (χ0n) is 38.0. The normalized spacial score (nSPS) is 11.6. The number of rotatable bonds is 16. The fourth-order valence-electron chi connectivity index (χ4n) is 6.61. The Morgan fingerprint density at radius 1 is 0.368 bits per heavy atom. The maximum atomic E-state index is 13.5. The molecule has 0 radical (unpaired) electrons. The van der Waals surface area contributed by atoms with Crippen molar-refractivity contribution in [1.29, 1.82) is 0 Å². The Labute approximate surface area is 398 Å². The van der Waals surface area contributed by atoms with Crippen LogP contribution in [0.5, 0.6) is 46.0 Å². The van der Waals surface area contributed by atoms with Gasteiger partial charge in [0.1, 0.15) is 57.2 Å². The van der Waals surface area contributed by atoms with Crippen molar-refractivity contribution in [1.82, 2.24) is 0 Å². The summed E-state index contributed by atoms with van der Waals surface area (Å²) in [6.07, 6.45) is 2.12. The Morgan fingerprint density at radius 2 is 0.632 bits per heavy atom. The minimum absolute atomic E-state index is 0.0925. The van der Waals surface area contributed by atoms with Crippen LogP contribution in [0.25, 0.3) is 0 Å². The van der Waals surface area contributed by atoms with Crippen LogP contribution in [0, 0.1) is 23.7 Å². The van der Waals surface area contributed by atoms with E-state index in [2.05, 4.69) is 23.7 Å². The highest BCUT2D eigenvalue weighted by Gasteiger charge is 2.21. The molecule has 0 saturated heterocycles. The predicted octanol–water partition coefficient (Wildman–Crippen LogP) is 12.3. The number of hydrogen-bond donors (Lipinski definition) is 2. The van der Waals surface area contributed by atoms with Crippen LogP contribution in [-0.2, 0) is 19.7 Å². The van der Waals surface area contributed by atoms with Gasteiger partial charge in [0.15, 0.2) is 0 Å². The molecule has 7 aromatic carbocycles. The summed E-state index contributed by atoms with van der Waals surface area (Å²) in [6, 6.07) is 45.6. The van der Waals surface area contributed by atoms with Gasteiger partial charge in [0.2, 0.25) is 19.7 Å². The Morgan fingerprint density at radius 3 is 0.941 bits per heavy atom. The third-order valence-corrected chi connectivity index (χ3v) is 14.8. The molecular formula is C56H50O10S2. The van der Waals surface area contributed by atoms with E-state index < -0.39 is 30.9 Å². The molecular weight excluding hydrogens is 897 g/mol. The zero-order chi connectivity index (χ0) is 48.4. The molecule has 0 aliphatic heterocycles. The molecule has 12 heteroatoms. The molecule has 346 valence electrons. The fourth-order valence-corrected chi connectivity index (χ4v) is 9.14. The van der Waals surface area contributed by atoms with E-state index in [0.29, 0.717) is 77.2 Å². The highest BCUT2D eigenvalue weighted by Crippen LogP contribution is 2.32. The van der Waals surface area contributed by atoms with Gasteiger partial charge in [-0.05, 0) is 189 Å². The number of ether oxygens (including phenoxy) is 4. The van der Waals surface area contributed by atoms with Crippen molar-refractivity contribution in [2.45, 2.75) is 84.2 Å². The topological polar surface area (TPSA) is 146 Å². The lowest BCUT2D eigenvalue weighted by Gasteiger charge is -2.17. The monoisotopic (exact) mass is 946 g/mol. The van der Waals surface area contributed by atoms with Crippen LogP contribution in [0.2, 0.25) is 0 Å². The number of sulfone groups is 2. The van der Waals surface area contributed by atoms with Crippen molar-refractivity contribution in [2.75, 3.05) is 0 Å². The number of benzene rings is 7. The van der Waals surface area contributed by atoms with Crippen molar-refractivity contribution in [2.24, 2.45) is 0 Å². The van der Waals surface area contributed by atoms with E-state index in [1.165, 1.54) is 48.5 Å². The van der Waals surface area contributed by atoms with Gasteiger partial charge in [0.25, 0.3) is 0 Å². The molecule has 2 N–H and O–H groups in total. The highest BCUT2D eigenvalue weighted by atomic mass is 32.2. The molecule has 7 rings (SSSR count). The average Bonchev–Trinajstić information content (AvgIpc) is 3.37. The second kappa shape index (κ2) is 21.1. The third-order valence-electron chi connectivity index (χ3n) is 11.2. The van der Waals surface area contributed by atoms with Gasteiger partial charge in [-0.2, -0.15) is 0 Å². The highest BCUT2D eigenvalue weighted by molar-refractivity contribution is 7.91. The molecule has 0 aliphatic carbocycles. The van der Waals surface area contributed by atoms with Crippen LogP contribution in [0.15, 0.2) is 189 Å². The Kier molecular flexibility index (Phi) is 15.1. The summed E-state index contributed by atoms with van der Waals surface area (Å²) >= 11 is 0. The van der Waals surface area contributed by atoms with Gasteiger partial charge in [-0.15, -0.1) is 0 Å². The predicted molar refractivity (Wildman–Crippen MR) is 261 cm³/mol. The Hall–Kier alpha value is -7.32.